The van der Waals surface area contributed by atoms with Crippen LogP contribution in [-0.4, -0.2) is 65.0 Å². The van der Waals surface area contributed by atoms with Gasteiger partial charge in [0.2, 0.25) is 0 Å². The van der Waals surface area contributed by atoms with Crippen molar-refractivity contribution in [3.63, 3.8) is 0 Å². The number of fused-ring (bicyclic) bond motifs is 2. The van der Waals surface area contributed by atoms with Gasteiger partial charge < -0.3 is 14.4 Å². The molecule has 0 saturated heterocycles. The highest BCUT2D eigenvalue weighted by atomic mass is 35.5. The van der Waals surface area contributed by atoms with Crippen molar-refractivity contribution in [1.82, 2.24) is 24.9 Å². The maximum atomic E-state index is 13.7. The number of carbonyl (C=O) groups is 1. The molecule has 3 heterocycles. The van der Waals surface area contributed by atoms with Crippen LogP contribution in [0.4, 0.5) is 0 Å². The van der Waals surface area contributed by atoms with Gasteiger partial charge in [-0.2, -0.15) is 10.2 Å². The first-order valence-electron chi connectivity index (χ1n) is 11.1. The van der Waals surface area contributed by atoms with Crippen LogP contribution < -0.4 is 9.47 Å². The summed E-state index contributed by atoms with van der Waals surface area (Å²) in [6.45, 7) is 1.77. The minimum absolute atomic E-state index is 0.0174. The molecular formula is C25H26ClN5O3. The SMILES string of the molecule is COc1ccc2c(c1)CC(C(=O)c1nn(CCN(C)C)c3cc(-c4cn[nH]c4Cl)ccc13)CO2. The topological polar surface area (TPSA) is 85.3 Å². The van der Waals surface area contributed by atoms with Gasteiger partial charge in [0.1, 0.15) is 22.3 Å². The van der Waals surface area contributed by atoms with Crippen molar-refractivity contribution < 1.29 is 14.3 Å². The Kier molecular flexibility index (Phi) is 6.02. The van der Waals surface area contributed by atoms with E-state index in [1.807, 2.05) is 55.2 Å². The number of benzene rings is 2. The highest BCUT2D eigenvalue weighted by Gasteiger charge is 2.30. The number of hydrogen-bond donors (Lipinski definition) is 1. The summed E-state index contributed by atoms with van der Waals surface area (Å²) in [5.74, 6) is 1.21. The summed E-state index contributed by atoms with van der Waals surface area (Å²) in [4.78, 5) is 15.8. The first-order valence-corrected chi connectivity index (χ1v) is 11.5. The van der Waals surface area contributed by atoms with Crippen LogP contribution in [0.3, 0.4) is 0 Å². The lowest BCUT2D eigenvalue weighted by atomic mass is 9.90. The summed E-state index contributed by atoms with van der Waals surface area (Å²) in [7, 11) is 5.66. The van der Waals surface area contributed by atoms with Crippen LogP contribution in [-0.2, 0) is 13.0 Å². The van der Waals surface area contributed by atoms with E-state index in [0.717, 1.165) is 45.6 Å². The summed E-state index contributed by atoms with van der Waals surface area (Å²) in [5, 5.41) is 12.9. The van der Waals surface area contributed by atoms with Crippen molar-refractivity contribution in [2.24, 2.45) is 5.92 Å². The first kappa shape index (κ1) is 22.4. The van der Waals surface area contributed by atoms with Crippen molar-refractivity contribution in [1.29, 1.82) is 0 Å². The Hall–Kier alpha value is -3.36. The van der Waals surface area contributed by atoms with Crippen LogP contribution in [0.15, 0.2) is 42.6 Å². The van der Waals surface area contributed by atoms with Crippen molar-refractivity contribution in [2.45, 2.75) is 13.0 Å². The second-order valence-corrected chi connectivity index (χ2v) is 9.13. The highest BCUT2D eigenvalue weighted by molar-refractivity contribution is 6.32. The number of rotatable bonds is 7. The summed E-state index contributed by atoms with van der Waals surface area (Å²) >= 11 is 6.26. The first-order chi connectivity index (χ1) is 16.4. The molecule has 176 valence electrons. The van der Waals surface area contributed by atoms with Gasteiger partial charge in [0.15, 0.2) is 5.78 Å². The fourth-order valence-electron chi connectivity index (χ4n) is 4.32. The Bertz CT molecular complexity index is 1360. The summed E-state index contributed by atoms with van der Waals surface area (Å²) in [6, 6.07) is 11.6. The molecule has 1 aliphatic rings. The van der Waals surface area contributed by atoms with E-state index in [1.165, 1.54) is 0 Å². The minimum atomic E-state index is -0.317. The van der Waals surface area contributed by atoms with Crippen molar-refractivity contribution >= 4 is 28.3 Å². The van der Waals surface area contributed by atoms with Crippen LogP contribution in [0.1, 0.15) is 16.1 Å². The van der Waals surface area contributed by atoms with Crippen LogP contribution in [0.25, 0.3) is 22.0 Å². The summed E-state index contributed by atoms with van der Waals surface area (Å²) < 4.78 is 13.2. The van der Waals surface area contributed by atoms with Gasteiger partial charge in [-0.3, -0.25) is 14.6 Å². The predicted molar refractivity (Wildman–Crippen MR) is 131 cm³/mol. The van der Waals surface area contributed by atoms with E-state index in [9.17, 15) is 4.79 Å². The van der Waals surface area contributed by atoms with E-state index >= 15 is 0 Å². The van der Waals surface area contributed by atoms with E-state index in [-0.39, 0.29) is 11.7 Å². The monoisotopic (exact) mass is 479 g/mol. The molecule has 0 spiro atoms. The number of aromatic nitrogens is 4. The van der Waals surface area contributed by atoms with Crippen LogP contribution >= 0.6 is 11.6 Å². The molecule has 1 N–H and O–H groups in total. The highest BCUT2D eigenvalue weighted by Crippen LogP contribution is 2.34. The van der Waals surface area contributed by atoms with Gasteiger partial charge in [-0.25, -0.2) is 0 Å². The van der Waals surface area contributed by atoms with Gasteiger partial charge >= 0.3 is 0 Å². The third kappa shape index (κ3) is 4.15. The number of aromatic amines is 1. The van der Waals surface area contributed by atoms with Gasteiger partial charge in [-0.05, 0) is 62.0 Å². The number of ether oxygens (including phenoxy) is 2. The molecule has 5 rings (SSSR count). The third-order valence-corrected chi connectivity index (χ3v) is 6.48. The van der Waals surface area contributed by atoms with E-state index in [2.05, 4.69) is 15.1 Å². The molecule has 8 nitrogen and oxygen atoms in total. The lowest BCUT2D eigenvalue weighted by Gasteiger charge is -2.24. The molecule has 0 saturated carbocycles. The lowest BCUT2D eigenvalue weighted by molar-refractivity contribution is 0.0850. The predicted octanol–water partition coefficient (Wildman–Crippen LogP) is 4.08. The molecule has 1 unspecified atom stereocenters. The average molecular weight is 480 g/mol. The van der Waals surface area contributed by atoms with E-state index in [1.54, 1.807) is 13.3 Å². The van der Waals surface area contributed by atoms with E-state index in [4.69, 9.17) is 26.2 Å². The standard InChI is InChI=1S/C25H26ClN5O3/c1-30(2)8-9-31-21-12-15(20-13-27-28-25(20)26)4-6-19(21)23(29-31)24(32)17-10-16-11-18(33-3)5-7-22(16)34-14-17/h4-7,11-13,17H,8-10,14H2,1-3H3,(H,27,28). The minimum Gasteiger partial charge on any atom is -0.497 e. The number of likely N-dealkylation sites (N-methyl/N-ethyl adjacent to an activating group) is 1. The Labute approximate surface area is 202 Å². The quantitative estimate of drug-likeness (QED) is 0.402. The number of carbonyl (C=O) groups excluding carboxylic acids is 1. The summed E-state index contributed by atoms with van der Waals surface area (Å²) in [6.07, 6.45) is 2.28. The molecule has 1 aliphatic heterocycles. The zero-order valence-corrected chi connectivity index (χ0v) is 20.1. The number of nitrogens with zero attached hydrogens (tertiary/aromatic N) is 4. The van der Waals surface area contributed by atoms with Crippen LogP contribution in [0.5, 0.6) is 11.5 Å². The van der Waals surface area contributed by atoms with Gasteiger partial charge in [-0.1, -0.05) is 17.7 Å². The summed E-state index contributed by atoms with van der Waals surface area (Å²) in [5.41, 5.74) is 4.05. The molecule has 0 amide bonds. The molecule has 34 heavy (non-hydrogen) atoms. The van der Waals surface area contributed by atoms with Crippen molar-refractivity contribution in [3.05, 3.63) is 59.0 Å². The zero-order chi connectivity index (χ0) is 23.8. The molecule has 9 heteroatoms. The number of hydrogen-bond acceptors (Lipinski definition) is 6. The molecule has 0 aliphatic carbocycles. The molecule has 2 aromatic carbocycles. The van der Waals surface area contributed by atoms with E-state index in [0.29, 0.717) is 30.4 Å². The Morgan fingerprint density at radius 2 is 2.15 bits per heavy atom. The Morgan fingerprint density at radius 3 is 2.88 bits per heavy atom. The molecule has 0 radical (unpaired) electrons. The second-order valence-electron chi connectivity index (χ2n) is 8.75. The third-order valence-electron chi connectivity index (χ3n) is 6.19. The number of Topliss-reactive ketones (excluding diaryl/α,β-unsaturated/α-hetero) is 1. The molecule has 2 aromatic heterocycles. The Balaban J connectivity index is 1.52. The number of halogens is 1. The fourth-order valence-corrected chi connectivity index (χ4v) is 4.53. The molecular weight excluding hydrogens is 454 g/mol. The molecule has 4 aromatic rings. The van der Waals surface area contributed by atoms with Gasteiger partial charge in [0, 0.05) is 17.5 Å². The zero-order valence-electron chi connectivity index (χ0n) is 19.3. The number of H-pyrrole nitrogens is 1. The molecule has 0 bridgehead atoms. The largest absolute Gasteiger partial charge is 0.497 e. The normalized spacial score (nSPS) is 15.4. The molecule has 0 fully saturated rings. The number of ketones is 1. The maximum Gasteiger partial charge on any atom is 0.190 e. The average Bonchev–Trinajstić information content (AvgIpc) is 3.44. The van der Waals surface area contributed by atoms with E-state index < -0.39 is 0 Å². The fraction of sp³-hybridized carbons (Fsp3) is 0.320. The number of methoxy groups -OCH3 is 1. The van der Waals surface area contributed by atoms with Crippen molar-refractivity contribution in [2.75, 3.05) is 34.4 Å². The lowest BCUT2D eigenvalue weighted by Crippen LogP contribution is -2.29. The van der Waals surface area contributed by atoms with Crippen LogP contribution in [0.2, 0.25) is 5.15 Å². The number of nitrogens with one attached hydrogen (secondary N) is 1. The van der Waals surface area contributed by atoms with Gasteiger partial charge in [-0.15, -0.1) is 0 Å². The van der Waals surface area contributed by atoms with Crippen molar-refractivity contribution in [3.8, 4) is 22.6 Å². The second kappa shape index (κ2) is 9.12. The van der Waals surface area contributed by atoms with Crippen LogP contribution in [0, 0.1) is 5.92 Å². The smallest absolute Gasteiger partial charge is 0.190 e. The Morgan fingerprint density at radius 1 is 1.29 bits per heavy atom. The molecule has 1 atom stereocenters. The van der Waals surface area contributed by atoms with Gasteiger partial charge in [0.25, 0.3) is 0 Å². The maximum absolute atomic E-state index is 13.7. The van der Waals surface area contributed by atoms with Gasteiger partial charge in [0.05, 0.1) is 37.9 Å².